The molecule has 0 bridgehead atoms. The van der Waals surface area contributed by atoms with Crippen LogP contribution in [0.15, 0.2) is 24.3 Å². The second kappa shape index (κ2) is 5.27. The molecule has 0 spiro atoms. The molecule has 2 N–H and O–H groups in total. The van der Waals surface area contributed by atoms with Gasteiger partial charge in [-0.15, -0.1) is 0 Å². The summed E-state index contributed by atoms with van der Waals surface area (Å²) in [5.74, 6) is -0.133. The number of nitrogens with zero attached hydrogens (tertiary/aromatic N) is 1. The van der Waals surface area contributed by atoms with Crippen LogP contribution in [0, 0.1) is 11.3 Å². The standard InChI is InChI=1S/C15H26N2O/c1-12-8-6-7-9-14(2,3)10-11-15(12,13(16)18)17(4)5/h6-9,12H,10-11H2,1-5H3,(H2,16,18)/b8-6-,9-7-. The van der Waals surface area contributed by atoms with Crippen molar-refractivity contribution in [3.63, 3.8) is 0 Å². The van der Waals surface area contributed by atoms with Gasteiger partial charge in [-0.05, 0) is 32.4 Å². The molecule has 3 nitrogen and oxygen atoms in total. The molecule has 0 heterocycles. The summed E-state index contributed by atoms with van der Waals surface area (Å²) in [6.07, 6.45) is 10.1. The van der Waals surface area contributed by atoms with Gasteiger partial charge in [0.2, 0.25) is 5.91 Å². The van der Waals surface area contributed by atoms with Crippen molar-refractivity contribution in [2.45, 2.75) is 39.2 Å². The number of allylic oxidation sites excluding steroid dienone is 3. The van der Waals surface area contributed by atoms with E-state index in [0.29, 0.717) is 0 Å². The molecule has 1 rings (SSSR count). The van der Waals surface area contributed by atoms with E-state index in [4.69, 9.17) is 5.73 Å². The third-order valence-corrected chi connectivity index (χ3v) is 4.19. The van der Waals surface area contributed by atoms with Gasteiger partial charge in [-0.25, -0.2) is 0 Å². The first-order valence-corrected chi connectivity index (χ1v) is 6.56. The molecule has 0 aromatic carbocycles. The molecule has 3 heteroatoms. The van der Waals surface area contributed by atoms with E-state index >= 15 is 0 Å². The normalized spacial score (nSPS) is 35.3. The third-order valence-electron chi connectivity index (χ3n) is 4.19. The second-order valence-electron chi connectivity index (χ2n) is 6.20. The van der Waals surface area contributed by atoms with Gasteiger partial charge < -0.3 is 5.73 Å². The SMILES string of the molecule is CC1/C=C\C=C/C(C)(C)CCC1(C(N)=O)N(C)C. The van der Waals surface area contributed by atoms with E-state index in [1.807, 2.05) is 25.1 Å². The van der Waals surface area contributed by atoms with E-state index in [-0.39, 0.29) is 17.2 Å². The number of hydrogen-bond acceptors (Lipinski definition) is 2. The number of hydrogen-bond donors (Lipinski definition) is 1. The van der Waals surface area contributed by atoms with Crippen LogP contribution in [0.3, 0.4) is 0 Å². The molecule has 0 aromatic rings. The number of nitrogens with two attached hydrogens (primary N) is 1. The number of primary amides is 1. The Kier molecular flexibility index (Phi) is 4.38. The van der Waals surface area contributed by atoms with Gasteiger partial charge in [-0.3, -0.25) is 9.69 Å². The van der Waals surface area contributed by atoms with Crippen molar-refractivity contribution in [1.29, 1.82) is 0 Å². The Hall–Kier alpha value is -1.09. The predicted molar refractivity (Wildman–Crippen MR) is 76.1 cm³/mol. The lowest BCUT2D eigenvalue weighted by molar-refractivity contribution is -0.131. The molecule has 0 saturated heterocycles. The van der Waals surface area contributed by atoms with E-state index in [2.05, 4.69) is 39.0 Å². The van der Waals surface area contributed by atoms with Crippen LogP contribution in [0.2, 0.25) is 0 Å². The van der Waals surface area contributed by atoms with Gasteiger partial charge in [0.25, 0.3) is 0 Å². The summed E-state index contributed by atoms with van der Waals surface area (Å²) in [4.78, 5) is 14.0. The highest BCUT2D eigenvalue weighted by Crippen LogP contribution is 2.36. The molecule has 0 aromatic heterocycles. The monoisotopic (exact) mass is 250 g/mol. The molecule has 0 aliphatic heterocycles. The van der Waals surface area contributed by atoms with E-state index < -0.39 is 5.54 Å². The zero-order valence-corrected chi connectivity index (χ0v) is 12.2. The topological polar surface area (TPSA) is 46.3 Å². The Morgan fingerprint density at radius 3 is 2.39 bits per heavy atom. The summed E-state index contributed by atoms with van der Waals surface area (Å²) in [6.45, 7) is 6.44. The van der Waals surface area contributed by atoms with Crippen molar-refractivity contribution in [1.82, 2.24) is 4.90 Å². The van der Waals surface area contributed by atoms with Crippen LogP contribution >= 0.6 is 0 Å². The Balaban J connectivity index is 3.19. The summed E-state index contributed by atoms with van der Waals surface area (Å²) < 4.78 is 0. The predicted octanol–water partition coefficient (Wildman–Crippen LogP) is 2.34. The smallest absolute Gasteiger partial charge is 0.238 e. The van der Waals surface area contributed by atoms with Gasteiger partial charge >= 0.3 is 0 Å². The first-order chi connectivity index (χ1) is 8.22. The first kappa shape index (κ1) is 15.0. The second-order valence-corrected chi connectivity index (χ2v) is 6.20. The average Bonchev–Trinajstić information content (AvgIpc) is 2.28. The molecule has 1 aliphatic carbocycles. The summed E-state index contributed by atoms with van der Waals surface area (Å²) >= 11 is 0. The zero-order valence-electron chi connectivity index (χ0n) is 12.2. The molecule has 18 heavy (non-hydrogen) atoms. The van der Waals surface area contributed by atoms with Crippen molar-refractivity contribution in [3.05, 3.63) is 24.3 Å². The van der Waals surface area contributed by atoms with Crippen LogP contribution in [-0.4, -0.2) is 30.4 Å². The molecule has 0 saturated carbocycles. The van der Waals surface area contributed by atoms with Gasteiger partial charge in [0.1, 0.15) is 5.54 Å². The number of likely N-dealkylation sites (N-methyl/N-ethyl adjacent to an activating group) is 1. The lowest BCUT2D eigenvalue weighted by Gasteiger charge is -2.42. The number of carbonyl (C=O) groups is 1. The lowest BCUT2D eigenvalue weighted by atomic mass is 9.75. The minimum Gasteiger partial charge on any atom is -0.368 e. The third kappa shape index (κ3) is 2.83. The molecule has 1 amide bonds. The highest BCUT2D eigenvalue weighted by atomic mass is 16.1. The van der Waals surface area contributed by atoms with Gasteiger partial charge in [0.05, 0.1) is 0 Å². The lowest BCUT2D eigenvalue weighted by Crippen LogP contribution is -2.58. The Morgan fingerprint density at radius 1 is 1.28 bits per heavy atom. The van der Waals surface area contributed by atoms with Crippen molar-refractivity contribution < 1.29 is 4.79 Å². The van der Waals surface area contributed by atoms with Crippen LogP contribution in [0.4, 0.5) is 0 Å². The highest BCUT2D eigenvalue weighted by molar-refractivity contribution is 5.85. The van der Waals surface area contributed by atoms with Gasteiger partial charge in [-0.1, -0.05) is 45.1 Å². The Labute approximate surface area is 111 Å². The van der Waals surface area contributed by atoms with Crippen LogP contribution in [0.1, 0.15) is 33.6 Å². The van der Waals surface area contributed by atoms with Crippen molar-refractivity contribution >= 4 is 5.91 Å². The molecule has 2 unspecified atom stereocenters. The van der Waals surface area contributed by atoms with Crippen LogP contribution in [0.5, 0.6) is 0 Å². The van der Waals surface area contributed by atoms with Crippen LogP contribution in [-0.2, 0) is 4.79 Å². The Morgan fingerprint density at radius 2 is 1.89 bits per heavy atom. The van der Waals surface area contributed by atoms with Crippen molar-refractivity contribution in [3.8, 4) is 0 Å². The van der Waals surface area contributed by atoms with Crippen molar-refractivity contribution in [2.24, 2.45) is 17.1 Å². The molecule has 0 fully saturated rings. The maximum Gasteiger partial charge on any atom is 0.238 e. The number of rotatable bonds is 2. The molecular formula is C15H26N2O. The quantitative estimate of drug-likeness (QED) is 0.817. The zero-order chi connectivity index (χ0) is 14.0. The largest absolute Gasteiger partial charge is 0.368 e. The highest BCUT2D eigenvalue weighted by Gasteiger charge is 2.43. The van der Waals surface area contributed by atoms with Crippen LogP contribution in [0.25, 0.3) is 0 Å². The molecular weight excluding hydrogens is 224 g/mol. The maximum atomic E-state index is 12.0. The van der Waals surface area contributed by atoms with Gasteiger partial charge in [0.15, 0.2) is 0 Å². The fourth-order valence-corrected chi connectivity index (χ4v) is 2.73. The van der Waals surface area contributed by atoms with Crippen molar-refractivity contribution in [2.75, 3.05) is 14.1 Å². The van der Waals surface area contributed by atoms with E-state index in [1.165, 1.54) is 0 Å². The van der Waals surface area contributed by atoms with Gasteiger partial charge in [0, 0.05) is 5.92 Å². The fraction of sp³-hybridized carbons (Fsp3) is 0.667. The maximum absolute atomic E-state index is 12.0. The molecule has 0 radical (unpaired) electrons. The first-order valence-electron chi connectivity index (χ1n) is 6.56. The Bertz CT molecular complexity index is 369. The number of amides is 1. The fourth-order valence-electron chi connectivity index (χ4n) is 2.73. The minimum atomic E-state index is -0.597. The molecule has 1 aliphatic rings. The van der Waals surface area contributed by atoms with E-state index in [1.54, 1.807) is 0 Å². The molecule has 2 atom stereocenters. The summed E-state index contributed by atoms with van der Waals surface area (Å²) in [5, 5.41) is 0. The van der Waals surface area contributed by atoms with E-state index in [0.717, 1.165) is 12.8 Å². The molecule has 102 valence electrons. The minimum absolute atomic E-state index is 0.0884. The summed E-state index contributed by atoms with van der Waals surface area (Å²) in [6, 6.07) is 0. The van der Waals surface area contributed by atoms with Gasteiger partial charge in [-0.2, -0.15) is 0 Å². The van der Waals surface area contributed by atoms with E-state index in [9.17, 15) is 4.79 Å². The summed E-state index contributed by atoms with van der Waals surface area (Å²) in [5.41, 5.74) is 5.21. The summed E-state index contributed by atoms with van der Waals surface area (Å²) in [7, 11) is 3.88. The average molecular weight is 250 g/mol. The van der Waals surface area contributed by atoms with Crippen LogP contribution < -0.4 is 5.73 Å². The number of carbonyl (C=O) groups excluding carboxylic acids is 1.